The summed E-state index contributed by atoms with van der Waals surface area (Å²) in [5.74, 6) is 1.13. The number of benzene rings is 1. The standard InChI is InChI=1S/C15H22N2O2/c1-16-13(11-17-10-6-5-9-15(17)18)12-7-3-4-8-14(12)19-2/h3-4,7-8,13,16H,5-6,9-11H2,1-2H3. The fraction of sp³-hybridized carbons (Fsp3) is 0.533. The van der Waals surface area contributed by atoms with Crippen LogP contribution < -0.4 is 10.1 Å². The lowest BCUT2D eigenvalue weighted by Gasteiger charge is -2.31. The molecule has 0 saturated carbocycles. The van der Waals surface area contributed by atoms with E-state index in [0.29, 0.717) is 13.0 Å². The minimum Gasteiger partial charge on any atom is -0.496 e. The molecule has 1 fully saturated rings. The van der Waals surface area contributed by atoms with Crippen molar-refractivity contribution in [2.24, 2.45) is 0 Å². The molecule has 1 saturated heterocycles. The maximum Gasteiger partial charge on any atom is 0.222 e. The molecule has 1 aromatic rings. The Balaban J connectivity index is 2.13. The van der Waals surface area contributed by atoms with Crippen LogP contribution in [-0.2, 0) is 4.79 Å². The number of amides is 1. The Bertz CT molecular complexity index is 434. The number of nitrogens with zero attached hydrogens (tertiary/aromatic N) is 1. The third kappa shape index (κ3) is 3.26. The maximum atomic E-state index is 11.9. The van der Waals surface area contributed by atoms with Crippen LogP contribution in [0.5, 0.6) is 5.75 Å². The third-order valence-corrected chi connectivity index (χ3v) is 3.69. The molecule has 19 heavy (non-hydrogen) atoms. The van der Waals surface area contributed by atoms with E-state index in [4.69, 9.17) is 4.74 Å². The Morgan fingerprint density at radius 1 is 1.37 bits per heavy atom. The number of likely N-dealkylation sites (N-methyl/N-ethyl adjacent to an activating group) is 1. The summed E-state index contributed by atoms with van der Waals surface area (Å²) in [5.41, 5.74) is 1.10. The first-order chi connectivity index (χ1) is 9.26. The molecular weight excluding hydrogens is 240 g/mol. The van der Waals surface area contributed by atoms with E-state index >= 15 is 0 Å². The quantitative estimate of drug-likeness (QED) is 0.882. The number of para-hydroxylation sites is 1. The molecule has 1 aliphatic rings. The number of piperidine rings is 1. The van der Waals surface area contributed by atoms with Crippen LogP contribution in [0.4, 0.5) is 0 Å². The number of hydrogen-bond acceptors (Lipinski definition) is 3. The number of carbonyl (C=O) groups excluding carboxylic acids is 1. The minimum atomic E-state index is 0.109. The second-order valence-corrected chi connectivity index (χ2v) is 4.88. The Kier molecular flexibility index (Phi) is 4.80. The highest BCUT2D eigenvalue weighted by Crippen LogP contribution is 2.26. The topological polar surface area (TPSA) is 41.6 Å². The lowest BCUT2D eigenvalue weighted by Crippen LogP contribution is -2.40. The first-order valence-corrected chi connectivity index (χ1v) is 6.84. The van der Waals surface area contributed by atoms with Gasteiger partial charge in [0.05, 0.1) is 13.2 Å². The van der Waals surface area contributed by atoms with Crippen LogP contribution in [-0.4, -0.2) is 38.1 Å². The van der Waals surface area contributed by atoms with Gasteiger partial charge in [-0.05, 0) is 26.0 Å². The Hall–Kier alpha value is -1.55. The molecule has 1 aliphatic heterocycles. The second kappa shape index (κ2) is 6.57. The monoisotopic (exact) mass is 262 g/mol. The first kappa shape index (κ1) is 13.9. The van der Waals surface area contributed by atoms with Gasteiger partial charge < -0.3 is 15.0 Å². The van der Waals surface area contributed by atoms with Crippen LogP contribution in [0.2, 0.25) is 0 Å². The van der Waals surface area contributed by atoms with Crippen LogP contribution in [0.25, 0.3) is 0 Å². The largest absolute Gasteiger partial charge is 0.496 e. The summed E-state index contributed by atoms with van der Waals surface area (Å²) in [6.45, 7) is 1.57. The predicted molar refractivity (Wildman–Crippen MR) is 75.2 cm³/mol. The summed E-state index contributed by atoms with van der Waals surface area (Å²) in [7, 11) is 3.60. The van der Waals surface area contributed by atoms with E-state index in [1.807, 2.05) is 30.1 Å². The zero-order chi connectivity index (χ0) is 13.7. The molecule has 4 nitrogen and oxygen atoms in total. The molecule has 1 aromatic carbocycles. The molecule has 0 spiro atoms. The number of likely N-dealkylation sites (tertiary alicyclic amines) is 1. The SMILES string of the molecule is CNC(CN1CCCCC1=O)c1ccccc1OC. The molecule has 1 heterocycles. The van der Waals surface area contributed by atoms with Crippen molar-refractivity contribution in [2.75, 3.05) is 27.2 Å². The summed E-state index contributed by atoms with van der Waals surface area (Å²) in [6.07, 6.45) is 2.81. The highest BCUT2D eigenvalue weighted by atomic mass is 16.5. The van der Waals surface area contributed by atoms with Crippen LogP contribution in [0, 0.1) is 0 Å². The van der Waals surface area contributed by atoms with Gasteiger partial charge in [-0.1, -0.05) is 18.2 Å². The van der Waals surface area contributed by atoms with Gasteiger partial charge in [0.25, 0.3) is 0 Å². The van der Waals surface area contributed by atoms with E-state index in [9.17, 15) is 4.79 Å². The number of methoxy groups -OCH3 is 1. The van der Waals surface area contributed by atoms with Crippen molar-refractivity contribution in [1.29, 1.82) is 0 Å². The number of ether oxygens (including phenoxy) is 1. The zero-order valence-electron chi connectivity index (χ0n) is 11.7. The van der Waals surface area contributed by atoms with Crippen LogP contribution in [0.3, 0.4) is 0 Å². The number of carbonyl (C=O) groups is 1. The Morgan fingerprint density at radius 2 is 2.16 bits per heavy atom. The summed E-state index contributed by atoms with van der Waals surface area (Å²) in [6, 6.07) is 8.08. The normalized spacial score (nSPS) is 17.4. The van der Waals surface area contributed by atoms with Crippen LogP contribution in [0.15, 0.2) is 24.3 Å². The number of hydrogen-bond donors (Lipinski definition) is 1. The predicted octanol–water partition coefficient (Wildman–Crippen LogP) is 1.97. The first-order valence-electron chi connectivity index (χ1n) is 6.84. The highest BCUT2D eigenvalue weighted by molar-refractivity contribution is 5.76. The van der Waals surface area contributed by atoms with Gasteiger partial charge in [0.1, 0.15) is 5.75 Å². The van der Waals surface area contributed by atoms with Gasteiger partial charge >= 0.3 is 0 Å². The number of nitrogens with one attached hydrogen (secondary N) is 1. The molecule has 0 bridgehead atoms. The lowest BCUT2D eigenvalue weighted by molar-refractivity contribution is -0.133. The summed E-state index contributed by atoms with van der Waals surface area (Å²) in [4.78, 5) is 13.9. The fourth-order valence-electron chi connectivity index (χ4n) is 2.57. The van der Waals surface area contributed by atoms with Crippen molar-refractivity contribution in [1.82, 2.24) is 10.2 Å². The minimum absolute atomic E-state index is 0.109. The van der Waals surface area contributed by atoms with Gasteiger partial charge in [0, 0.05) is 25.1 Å². The molecule has 0 aromatic heterocycles. The Morgan fingerprint density at radius 3 is 2.84 bits per heavy atom. The van der Waals surface area contributed by atoms with E-state index < -0.39 is 0 Å². The van der Waals surface area contributed by atoms with Crippen molar-refractivity contribution in [3.8, 4) is 5.75 Å². The Labute approximate surface area is 114 Å². The molecule has 104 valence electrons. The van der Waals surface area contributed by atoms with Gasteiger partial charge in [0.15, 0.2) is 0 Å². The maximum absolute atomic E-state index is 11.9. The molecule has 1 amide bonds. The fourth-order valence-corrected chi connectivity index (χ4v) is 2.57. The van der Waals surface area contributed by atoms with E-state index in [1.54, 1.807) is 7.11 Å². The van der Waals surface area contributed by atoms with Crippen molar-refractivity contribution >= 4 is 5.91 Å². The second-order valence-electron chi connectivity index (χ2n) is 4.88. The average molecular weight is 262 g/mol. The molecule has 0 aliphatic carbocycles. The van der Waals surface area contributed by atoms with E-state index in [0.717, 1.165) is 30.7 Å². The molecule has 1 unspecified atom stereocenters. The van der Waals surface area contributed by atoms with Crippen LogP contribution >= 0.6 is 0 Å². The van der Waals surface area contributed by atoms with Gasteiger partial charge in [-0.3, -0.25) is 4.79 Å². The van der Waals surface area contributed by atoms with E-state index in [2.05, 4.69) is 11.4 Å². The highest BCUT2D eigenvalue weighted by Gasteiger charge is 2.23. The van der Waals surface area contributed by atoms with Crippen molar-refractivity contribution in [2.45, 2.75) is 25.3 Å². The van der Waals surface area contributed by atoms with Crippen molar-refractivity contribution in [3.63, 3.8) is 0 Å². The van der Waals surface area contributed by atoms with Gasteiger partial charge in [-0.2, -0.15) is 0 Å². The molecular formula is C15H22N2O2. The third-order valence-electron chi connectivity index (χ3n) is 3.69. The van der Waals surface area contributed by atoms with Crippen molar-refractivity contribution in [3.05, 3.63) is 29.8 Å². The molecule has 1 N–H and O–H groups in total. The average Bonchev–Trinajstić information content (AvgIpc) is 2.46. The van der Waals surface area contributed by atoms with Gasteiger partial charge in [0.2, 0.25) is 5.91 Å². The molecule has 0 radical (unpaired) electrons. The van der Waals surface area contributed by atoms with Crippen LogP contribution in [0.1, 0.15) is 30.9 Å². The zero-order valence-corrected chi connectivity index (χ0v) is 11.7. The molecule has 2 rings (SSSR count). The summed E-state index contributed by atoms with van der Waals surface area (Å²) in [5, 5.41) is 3.29. The van der Waals surface area contributed by atoms with E-state index in [1.165, 1.54) is 0 Å². The summed E-state index contributed by atoms with van der Waals surface area (Å²) < 4.78 is 5.40. The number of rotatable bonds is 5. The molecule has 1 atom stereocenters. The molecule has 4 heteroatoms. The lowest BCUT2D eigenvalue weighted by atomic mass is 10.0. The van der Waals surface area contributed by atoms with Crippen molar-refractivity contribution < 1.29 is 9.53 Å². The smallest absolute Gasteiger partial charge is 0.222 e. The van der Waals surface area contributed by atoms with Gasteiger partial charge in [-0.25, -0.2) is 0 Å². The van der Waals surface area contributed by atoms with Gasteiger partial charge in [-0.15, -0.1) is 0 Å². The summed E-state index contributed by atoms with van der Waals surface area (Å²) >= 11 is 0. The van der Waals surface area contributed by atoms with E-state index in [-0.39, 0.29) is 11.9 Å².